The van der Waals surface area contributed by atoms with Gasteiger partial charge in [-0.15, -0.1) is 11.3 Å². The van der Waals surface area contributed by atoms with Gasteiger partial charge < -0.3 is 10.6 Å². The smallest absolute Gasteiger partial charge is 0.333 e. The Morgan fingerprint density at radius 2 is 1.91 bits per heavy atom. The number of nitrogens with zero attached hydrogens (tertiary/aromatic N) is 2. The number of benzene rings is 1. The summed E-state index contributed by atoms with van der Waals surface area (Å²) in [6.07, 6.45) is 1.25. The Morgan fingerprint density at radius 1 is 1.15 bits per heavy atom. The summed E-state index contributed by atoms with van der Waals surface area (Å²) in [6, 6.07) is 9.69. The standard InChI is InChI=1S/C21H18ClN5O5S2/c1-2-23-13-3-5-15-12(9-13)10-18(28)27(20(15)29)17-7-4-14(11-24-17)25-21(30)26-34(31,32)19-8-6-16(22)33-19/h3-9,11,23H,2,10H2,1H3,(H2,25,26,30). The lowest BCUT2D eigenvalue weighted by Gasteiger charge is -2.26. The molecular formula is C21H18ClN5O5S2. The van der Waals surface area contributed by atoms with Crippen molar-refractivity contribution in [2.75, 3.05) is 22.1 Å². The molecule has 0 saturated carbocycles. The molecule has 0 aliphatic carbocycles. The van der Waals surface area contributed by atoms with Crippen molar-refractivity contribution in [1.29, 1.82) is 0 Å². The van der Waals surface area contributed by atoms with Crippen molar-refractivity contribution in [1.82, 2.24) is 9.71 Å². The van der Waals surface area contributed by atoms with Crippen LogP contribution in [0.4, 0.5) is 22.0 Å². The number of amides is 4. The third-order valence-electron chi connectivity index (χ3n) is 4.79. The Kier molecular flexibility index (Phi) is 6.55. The van der Waals surface area contributed by atoms with Crippen LogP contribution >= 0.6 is 22.9 Å². The molecule has 2 aromatic heterocycles. The van der Waals surface area contributed by atoms with Gasteiger partial charge in [0.25, 0.3) is 15.9 Å². The maximum absolute atomic E-state index is 12.9. The quantitative estimate of drug-likeness (QED) is 0.424. The second kappa shape index (κ2) is 9.41. The number of sulfonamides is 1. The summed E-state index contributed by atoms with van der Waals surface area (Å²) in [7, 11) is -4.08. The minimum atomic E-state index is -4.08. The van der Waals surface area contributed by atoms with E-state index in [1.165, 1.54) is 30.5 Å². The van der Waals surface area contributed by atoms with Gasteiger partial charge in [-0.25, -0.2) is 27.8 Å². The van der Waals surface area contributed by atoms with E-state index in [1.807, 2.05) is 11.6 Å². The molecule has 0 spiro atoms. The van der Waals surface area contributed by atoms with Gasteiger partial charge in [0.05, 0.1) is 22.6 Å². The number of aromatic nitrogens is 1. The zero-order valence-electron chi connectivity index (χ0n) is 17.7. The molecule has 4 amide bonds. The Balaban J connectivity index is 1.46. The van der Waals surface area contributed by atoms with E-state index >= 15 is 0 Å². The molecular weight excluding hydrogens is 502 g/mol. The summed E-state index contributed by atoms with van der Waals surface area (Å²) in [5.74, 6) is -0.845. The van der Waals surface area contributed by atoms with E-state index in [2.05, 4.69) is 15.6 Å². The number of nitrogens with one attached hydrogen (secondary N) is 3. The Hall–Kier alpha value is -3.48. The SMILES string of the molecule is CCNc1ccc2c(c1)CC(=O)N(c1ccc(NC(=O)NS(=O)(=O)c3ccc(Cl)s3)cn1)C2=O. The third-order valence-corrected chi connectivity index (χ3v) is 7.84. The van der Waals surface area contributed by atoms with Crippen LogP contribution in [0.1, 0.15) is 22.8 Å². The minimum absolute atomic E-state index is 0.0367. The molecule has 1 aromatic carbocycles. The predicted octanol–water partition coefficient (Wildman–Crippen LogP) is 3.47. The van der Waals surface area contributed by atoms with Crippen LogP contribution < -0.4 is 20.3 Å². The number of hydrogen-bond acceptors (Lipinski definition) is 8. The van der Waals surface area contributed by atoms with Crippen LogP contribution in [-0.4, -0.2) is 37.8 Å². The van der Waals surface area contributed by atoms with Crippen molar-refractivity contribution in [3.8, 4) is 0 Å². The lowest BCUT2D eigenvalue weighted by molar-refractivity contribution is -0.117. The van der Waals surface area contributed by atoms with Gasteiger partial charge in [-0.05, 0) is 55.0 Å². The highest BCUT2D eigenvalue weighted by atomic mass is 35.5. The number of pyridine rings is 1. The molecule has 4 rings (SSSR count). The average molecular weight is 520 g/mol. The lowest BCUT2D eigenvalue weighted by Crippen LogP contribution is -2.43. The highest BCUT2D eigenvalue weighted by Crippen LogP contribution is 2.27. The predicted molar refractivity (Wildman–Crippen MR) is 129 cm³/mol. The average Bonchev–Trinajstić information content (AvgIpc) is 3.22. The number of urea groups is 1. The Bertz CT molecular complexity index is 1390. The molecule has 3 heterocycles. The van der Waals surface area contributed by atoms with Gasteiger partial charge in [-0.1, -0.05) is 11.6 Å². The summed E-state index contributed by atoms with van der Waals surface area (Å²) >= 11 is 6.55. The fraction of sp³-hybridized carbons (Fsp3) is 0.143. The first-order valence-corrected chi connectivity index (χ1v) is 12.6. The first kappa shape index (κ1) is 23.7. The maximum Gasteiger partial charge on any atom is 0.333 e. The van der Waals surface area contributed by atoms with Gasteiger partial charge in [0.2, 0.25) is 5.91 Å². The number of thiophene rings is 1. The number of halogens is 1. The molecule has 0 saturated heterocycles. The van der Waals surface area contributed by atoms with E-state index in [4.69, 9.17) is 11.6 Å². The third kappa shape index (κ3) is 4.88. The summed E-state index contributed by atoms with van der Waals surface area (Å²) < 4.78 is 26.5. The topological polar surface area (TPSA) is 138 Å². The zero-order chi connectivity index (χ0) is 24.5. The van der Waals surface area contributed by atoms with Crippen LogP contribution in [0.3, 0.4) is 0 Å². The molecule has 0 bridgehead atoms. The summed E-state index contributed by atoms with van der Waals surface area (Å²) in [4.78, 5) is 42.8. The van der Waals surface area contributed by atoms with Gasteiger partial charge in [0, 0.05) is 17.8 Å². The molecule has 0 atom stereocenters. The van der Waals surface area contributed by atoms with Crippen molar-refractivity contribution in [3.05, 3.63) is 64.1 Å². The van der Waals surface area contributed by atoms with E-state index in [0.29, 0.717) is 17.7 Å². The Labute approximate surface area is 204 Å². The van der Waals surface area contributed by atoms with E-state index in [9.17, 15) is 22.8 Å². The number of carbonyl (C=O) groups excluding carboxylic acids is 3. The van der Waals surface area contributed by atoms with Gasteiger partial charge in [-0.2, -0.15) is 0 Å². The second-order valence-corrected chi connectivity index (χ2v) is 10.8. The number of imide groups is 1. The van der Waals surface area contributed by atoms with Crippen molar-refractivity contribution in [3.63, 3.8) is 0 Å². The summed E-state index contributed by atoms with van der Waals surface area (Å²) in [5, 5.41) is 5.49. The maximum atomic E-state index is 12.9. The molecule has 0 fully saturated rings. The fourth-order valence-corrected chi connectivity index (χ4v) is 5.72. The molecule has 0 radical (unpaired) electrons. The number of rotatable bonds is 6. The first-order valence-electron chi connectivity index (χ1n) is 9.97. The van der Waals surface area contributed by atoms with E-state index in [1.54, 1.807) is 18.2 Å². The molecule has 10 nitrogen and oxygen atoms in total. The van der Waals surface area contributed by atoms with Crippen LogP contribution in [0, 0.1) is 0 Å². The van der Waals surface area contributed by atoms with Crippen LogP contribution in [0.15, 0.2) is 52.9 Å². The highest BCUT2D eigenvalue weighted by molar-refractivity contribution is 7.92. The van der Waals surface area contributed by atoms with Crippen molar-refractivity contribution >= 4 is 68.0 Å². The van der Waals surface area contributed by atoms with Crippen molar-refractivity contribution < 1.29 is 22.8 Å². The normalized spacial score (nSPS) is 13.4. The highest BCUT2D eigenvalue weighted by Gasteiger charge is 2.33. The van der Waals surface area contributed by atoms with Gasteiger partial charge >= 0.3 is 6.03 Å². The molecule has 3 N–H and O–H groups in total. The zero-order valence-corrected chi connectivity index (χ0v) is 20.1. The van der Waals surface area contributed by atoms with Gasteiger partial charge in [-0.3, -0.25) is 9.59 Å². The number of fused-ring (bicyclic) bond motifs is 1. The largest absolute Gasteiger partial charge is 0.385 e. The Morgan fingerprint density at radius 3 is 2.56 bits per heavy atom. The van der Waals surface area contributed by atoms with Gasteiger partial charge in [0.15, 0.2) is 0 Å². The van der Waals surface area contributed by atoms with E-state index < -0.39 is 27.9 Å². The van der Waals surface area contributed by atoms with E-state index in [-0.39, 0.29) is 26.5 Å². The van der Waals surface area contributed by atoms with Crippen molar-refractivity contribution in [2.45, 2.75) is 17.6 Å². The second-order valence-electron chi connectivity index (χ2n) is 7.14. The molecule has 3 aromatic rings. The summed E-state index contributed by atoms with van der Waals surface area (Å²) in [5.41, 5.74) is 2.02. The molecule has 0 unspecified atom stereocenters. The minimum Gasteiger partial charge on any atom is -0.385 e. The lowest BCUT2D eigenvalue weighted by atomic mass is 9.97. The monoisotopic (exact) mass is 519 g/mol. The summed E-state index contributed by atoms with van der Waals surface area (Å²) in [6.45, 7) is 2.66. The molecule has 34 heavy (non-hydrogen) atoms. The van der Waals surface area contributed by atoms with E-state index in [0.717, 1.165) is 21.9 Å². The van der Waals surface area contributed by atoms with Crippen LogP contribution in [0.2, 0.25) is 4.34 Å². The molecule has 176 valence electrons. The number of hydrogen-bond donors (Lipinski definition) is 3. The molecule has 1 aliphatic rings. The first-order chi connectivity index (χ1) is 16.2. The van der Waals surface area contributed by atoms with Crippen LogP contribution in [0.25, 0.3) is 0 Å². The van der Waals surface area contributed by atoms with Crippen molar-refractivity contribution in [2.24, 2.45) is 0 Å². The molecule has 1 aliphatic heterocycles. The number of anilines is 3. The number of carbonyl (C=O) groups is 3. The van der Waals surface area contributed by atoms with Gasteiger partial charge in [0.1, 0.15) is 10.0 Å². The molecule has 13 heteroatoms. The van der Waals surface area contributed by atoms with Crippen LogP contribution in [0.5, 0.6) is 0 Å². The van der Waals surface area contributed by atoms with Crippen LogP contribution in [-0.2, 0) is 21.2 Å². The fourth-order valence-electron chi connectivity index (χ4n) is 3.33.